The minimum atomic E-state index is -2.37. The van der Waals surface area contributed by atoms with Crippen LogP contribution in [0.5, 0.6) is 5.75 Å². The summed E-state index contributed by atoms with van der Waals surface area (Å²) in [5.74, 6) is 0.456. The van der Waals surface area contributed by atoms with Crippen molar-refractivity contribution in [2.75, 3.05) is 18.6 Å². The van der Waals surface area contributed by atoms with E-state index in [9.17, 15) is 9.90 Å². The van der Waals surface area contributed by atoms with Crippen LogP contribution in [0, 0.1) is 5.92 Å². The molecular formula is C41H43ClN6O5Si. The highest BCUT2D eigenvalue weighted by Gasteiger charge is 2.66. The number of aromatic amines is 1. The zero-order valence-corrected chi connectivity index (χ0v) is 32.5. The molecule has 0 saturated carbocycles. The number of carbonyl (C=O) groups excluding carboxylic acids is 1. The van der Waals surface area contributed by atoms with Crippen molar-refractivity contribution in [1.29, 1.82) is 0 Å². The average molecular weight is 763 g/mol. The topological polar surface area (TPSA) is 127 Å². The number of carbonyl (C=O) groups is 1. The summed E-state index contributed by atoms with van der Waals surface area (Å²) in [4.78, 5) is 30.4. The maximum absolute atomic E-state index is 15.3. The van der Waals surface area contributed by atoms with E-state index < -0.39 is 13.7 Å². The fourth-order valence-corrected chi connectivity index (χ4v) is 13.1. The molecule has 2 aromatic heterocycles. The van der Waals surface area contributed by atoms with Gasteiger partial charge in [-0.2, -0.15) is 0 Å². The standard InChI is InChI=1S/C41H43ClN6O5Si/c1-26-38(54(3,4)32-15-13-31(52-2)14-16-32)37(18-20-46-25-29(19-21-49)43-45-46)53-41(26)34-23-28(42)12-17-36(34)47(40(41)51)24-27-8-7-9-30(22-27)48-39(50)33-10-5-6-11-35(33)44-48/h5-17,22-23,25-26,37-38,44,49H,18-21,24H2,1-4H3/t26-,37+,38-,41+/m0/s1. The predicted molar refractivity (Wildman–Crippen MR) is 212 cm³/mol. The molecule has 54 heavy (non-hydrogen) atoms. The van der Waals surface area contributed by atoms with Crippen LogP contribution in [0.25, 0.3) is 16.6 Å². The van der Waals surface area contributed by atoms with Crippen LogP contribution in [0.4, 0.5) is 5.69 Å². The maximum Gasteiger partial charge on any atom is 0.279 e. The molecule has 0 bridgehead atoms. The molecule has 6 aromatic rings. The Morgan fingerprint density at radius 1 is 1.02 bits per heavy atom. The van der Waals surface area contributed by atoms with Crippen molar-refractivity contribution in [2.24, 2.45) is 5.92 Å². The molecule has 1 amide bonds. The molecule has 0 aliphatic carbocycles. The number of rotatable bonds is 11. The number of aliphatic hydroxyl groups is 1. The van der Waals surface area contributed by atoms with Gasteiger partial charge in [0.1, 0.15) is 5.75 Å². The van der Waals surface area contributed by atoms with Gasteiger partial charge in [-0.25, -0.2) is 4.68 Å². The number of nitrogens with zero attached hydrogens (tertiary/aromatic N) is 5. The highest BCUT2D eigenvalue weighted by molar-refractivity contribution is 6.91. The Morgan fingerprint density at radius 3 is 2.57 bits per heavy atom. The first-order chi connectivity index (χ1) is 26.0. The number of hydrogen-bond donors (Lipinski definition) is 2. The number of fused-ring (bicyclic) bond motifs is 3. The lowest BCUT2D eigenvalue weighted by Crippen LogP contribution is -2.51. The summed E-state index contributed by atoms with van der Waals surface area (Å²) in [6, 6.07) is 29.1. The van der Waals surface area contributed by atoms with Gasteiger partial charge in [0.2, 0.25) is 0 Å². The Hall–Kier alpha value is -5.01. The van der Waals surface area contributed by atoms with Crippen LogP contribution in [0.2, 0.25) is 23.7 Å². The van der Waals surface area contributed by atoms with E-state index in [2.05, 4.69) is 47.6 Å². The van der Waals surface area contributed by atoms with Gasteiger partial charge in [0.25, 0.3) is 11.5 Å². The molecule has 13 heteroatoms. The first kappa shape index (κ1) is 36.0. The van der Waals surface area contributed by atoms with E-state index in [0.717, 1.165) is 33.8 Å². The van der Waals surface area contributed by atoms with Gasteiger partial charge in [-0.1, -0.05) is 78.4 Å². The quantitative estimate of drug-likeness (QED) is 0.156. The molecule has 11 nitrogen and oxygen atoms in total. The predicted octanol–water partition coefficient (Wildman–Crippen LogP) is 5.96. The molecule has 1 spiro atoms. The molecule has 8 rings (SSSR count). The SMILES string of the molecule is COc1ccc([Si](C)(C)[C@@H]2[C@@H](CCn3cc(CCO)nn3)O[C@]3(C(=O)N(Cc4cccc(-n5[nH]c6ccccc6c5=O)c4)c4ccc(Cl)cc43)[C@H]2C)cc1. The van der Waals surface area contributed by atoms with Gasteiger partial charge in [0.05, 0.1) is 55.8 Å². The number of para-hydroxylation sites is 1. The third-order valence-electron chi connectivity index (χ3n) is 11.5. The molecule has 4 heterocycles. The highest BCUT2D eigenvalue weighted by atomic mass is 35.5. The molecule has 2 N–H and O–H groups in total. The zero-order valence-electron chi connectivity index (χ0n) is 30.7. The monoisotopic (exact) mass is 762 g/mol. The average Bonchev–Trinajstić information content (AvgIpc) is 3.91. The van der Waals surface area contributed by atoms with Gasteiger partial charge in [-0.3, -0.25) is 19.4 Å². The largest absolute Gasteiger partial charge is 0.497 e. The number of anilines is 1. The lowest BCUT2D eigenvalue weighted by Gasteiger charge is -2.37. The number of aromatic nitrogens is 5. The third kappa shape index (κ3) is 5.97. The minimum Gasteiger partial charge on any atom is -0.497 e. The van der Waals surface area contributed by atoms with Gasteiger partial charge in [0, 0.05) is 42.3 Å². The van der Waals surface area contributed by atoms with Gasteiger partial charge < -0.3 is 19.5 Å². The van der Waals surface area contributed by atoms with E-state index >= 15 is 4.79 Å². The van der Waals surface area contributed by atoms with E-state index in [1.54, 1.807) is 16.5 Å². The number of aryl methyl sites for hydroxylation is 1. The summed E-state index contributed by atoms with van der Waals surface area (Å²) in [6.07, 6.45) is 2.61. The van der Waals surface area contributed by atoms with E-state index in [1.807, 2.05) is 90.0 Å². The third-order valence-corrected chi connectivity index (χ3v) is 16.1. The van der Waals surface area contributed by atoms with Crippen molar-refractivity contribution in [2.45, 2.75) is 63.2 Å². The van der Waals surface area contributed by atoms with Crippen molar-refractivity contribution in [3.05, 3.63) is 129 Å². The van der Waals surface area contributed by atoms with Crippen LogP contribution in [0.1, 0.15) is 30.2 Å². The molecule has 1 saturated heterocycles. The van der Waals surface area contributed by atoms with Gasteiger partial charge >= 0.3 is 0 Å². The van der Waals surface area contributed by atoms with Crippen LogP contribution >= 0.6 is 11.6 Å². The normalized spacial score (nSPS) is 21.0. The molecule has 0 radical (unpaired) electrons. The molecule has 4 aromatic carbocycles. The van der Waals surface area contributed by atoms with Crippen LogP contribution in [0.15, 0.2) is 102 Å². The fraction of sp³-hybridized carbons (Fsp3) is 0.317. The van der Waals surface area contributed by atoms with Crippen molar-refractivity contribution >= 4 is 47.4 Å². The molecule has 2 aliphatic rings. The van der Waals surface area contributed by atoms with Crippen molar-refractivity contribution < 1.29 is 19.4 Å². The molecule has 4 atom stereocenters. The Balaban J connectivity index is 1.17. The number of ether oxygens (including phenoxy) is 2. The van der Waals surface area contributed by atoms with Crippen LogP contribution < -0.4 is 20.4 Å². The maximum atomic E-state index is 15.3. The Bertz CT molecular complexity index is 2410. The number of methoxy groups -OCH3 is 1. The molecular weight excluding hydrogens is 720 g/mol. The fourth-order valence-electron chi connectivity index (χ4n) is 8.87. The minimum absolute atomic E-state index is 0.000591. The number of hydrogen-bond acceptors (Lipinski definition) is 7. The van der Waals surface area contributed by atoms with E-state index in [4.69, 9.17) is 21.1 Å². The lowest BCUT2D eigenvalue weighted by atomic mass is 9.82. The van der Waals surface area contributed by atoms with Crippen molar-refractivity contribution in [3.63, 3.8) is 0 Å². The number of halogens is 1. The Labute approximate surface area is 319 Å². The Morgan fingerprint density at radius 2 is 1.81 bits per heavy atom. The van der Waals surface area contributed by atoms with E-state index in [1.165, 1.54) is 5.19 Å². The first-order valence-corrected chi connectivity index (χ1v) is 21.7. The van der Waals surface area contributed by atoms with Gasteiger partial charge in [-0.05, 0) is 72.1 Å². The first-order valence-electron chi connectivity index (χ1n) is 18.3. The van der Waals surface area contributed by atoms with Crippen LogP contribution in [-0.2, 0) is 34.6 Å². The lowest BCUT2D eigenvalue weighted by molar-refractivity contribution is -0.146. The molecule has 0 unspecified atom stereocenters. The molecule has 2 aliphatic heterocycles. The number of amides is 1. The Kier molecular flexibility index (Phi) is 9.33. The summed E-state index contributed by atoms with van der Waals surface area (Å²) in [5.41, 5.74) is 3.17. The molecule has 1 fully saturated rings. The van der Waals surface area contributed by atoms with E-state index in [0.29, 0.717) is 35.5 Å². The second kappa shape index (κ2) is 14.0. The summed E-state index contributed by atoms with van der Waals surface area (Å²) in [7, 11) is -0.706. The van der Waals surface area contributed by atoms with Crippen LogP contribution in [0.3, 0.4) is 0 Å². The van der Waals surface area contributed by atoms with Crippen LogP contribution in [-0.4, -0.2) is 63.7 Å². The number of H-pyrrole nitrogens is 1. The van der Waals surface area contributed by atoms with Crippen molar-refractivity contribution in [1.82, 2.24) is 24.8 Å². The smallest absolute Gasteiger partial charge is 0.279 e. The summed E-state index contributed by atoms with van der Waals surface area (Å²) < 4.78 is 16.1. The highest BCUT2D eigenvalue weighted by Crippen LogP contribution is 2.60. The van der Waals surface area contributed by atoms with Gasteiger partial charge in [-0.15, -0.1) is 5.10 Å². The summed E-state index contributed by atoms with van der Waals surface area (Å²) in [5, 5.41) is 23.6. The second-order valence-electron chi connectivity index (χ2n) is 14.9. The number of nitrogens with one attached hydrogen (secondary N) is 1. The van der Waals surface area contributed by atoms with Gasteiger partial charge in [0.15, 0.2) is 5.60 Å². The van der Waals surface area contributed by atoms with E-state index in [-0.39, 0.29) is 42.2 Å². The van der Waals surface area contributed by atoms with Crippen molar-refractivity contribution in [3.8, 4) is 11.4 Å². The summed E-state index contributed by atoms with van der Waals surface area (Å²) in [6.45, 7) is 7.68. The zero-order chi connectivity index (χ0) is 37.8. The number of benzene rings is 4. The summed E-state index contributed by atoms with van der Waals surface area (Å²) >= 11 is 6.72. The molecule has 278 valence electrons. The number of aliphatic hydroxyl groups excluding tert-OH is 1. The second-order valence-corrected chi connectivity index (χ2v) is 20.0.